The lowest BCUT2D eigenvalue weighted by atomic mass is 10.5. The summed E-state index contributed by atoms with van der Waals surface area (Å²) >= 11 is 3.40. The van der Waals surface area contributed by atoms with Crippen LogP contribution in [0.3, 0.4) is 0 Å². The van der Waals surface area contributed by atoms with E-state index in [2.05, 4.69) is 25.4 Å². The van der Waals surface area contributed by atoms with Gasteiger partial charge in [0, 0.05) is 0 Å². The van der Waals surface area contributed by atoms with E-state index in [-0.39, 0.29) is 9.35 Å². The SMILES string of the molecule is COC(=O)c1cc(Br)c(OC(F)(F)F)s1. The number of ether oxygens (including phenoxy) is 2. The zero-order valence-corrected chi connectivity index (χ0v) is 9.62. The highest BCUT2D eigenvalue weighted by Gasteiger charge is 2.33. The van der Waals surface area contributed by atoms with Gasteiger partial charge in [0.1, 0.15) is 4.88 Å². The highest BCUT2D eigenvalue weighted by Crippen LogP contribution is 2.38. The van der Waals surface area contributed by atoms with Crippen molar-refractivity contribution in [3.63, 3.8) is 0 Å². The van der Waals surface area contributed by atoms with Gasteiger partial charge in [-0.2, -0.15) is 0 Å². The molecule has 0 saturated heterocycles. The number of carbonyl (C=O) groups is 1. The van der Waals surface area contributed by atoms with Crippen molar-refractivity contribution in [1.82, 2.24) is 0 Å². The molecule has 84 valence electrons. The molecule has 0 N–H and O–H groups in total. The van der Waals surface area contributed by atoms with Crippen molar-refractivity contribution < 1.29 is 27.4 Å². The van der Waals surface area contributed by atoms with E-state index < -0.39 is 17.4 Å². The van der Waals surface area contributed by atoms with Crippen LogP contribution in [0.4, 0.5) is 13.2 Å². The summed E-state index contributed by atoms with van der Waals surface area (Å²) in [6.07, 6.45) is -4.78. The molecular weight excluding hydrogens is 301 g/mol. The van der Waals surface area contributed by atoms with Crippen molar-refractivity contribution in [3.05, 3.63) is 15.4 Å². The molecular formula is C7H4BrF3O3S. The van der Waals surface area contributed by atoms with Gasteiger partial charge in [0.25, 0.3) is 0 Å². The summed E-state index contributed by atoms with van der Waals surface area (Å²) in [7, 11) is 1.14. The van der Waals surface area contributed by atoms with Crippen molar-refractivity contribution in [2.45, 2.75) is 6.36 Å². The van der Waals surface area contributed by atoms with Crippen LogP contribution in [0.1, 0.15) is 9.67 Å². The van der Waals surface area contributed by atoms with Gasteiger partial charge in [-0.1, -0.05) is 11.3 Å². The summed E-state index contributed by atoms with van der Waals surface area (Å²) in [5.74, 6) is -0.710. The first-order valence-corrected chi connectivity index (χ1v) is 5.08. The first kappa shape index (κ1) is 12.3. The Kier molecular flexibility index (Phi) is 3.61. The Hall–Kier alpha value is -0.760. The molecule has 0 aromatic carbocycles. The fraction of sp³-hybridized carbons (Fsp3) is 0.286. The molecule has 1 aromatic rings. The zero-order chi connectivity index (χ0) is 11.6. The molecule has 0 amide bonds. The molecule has 0 fully saturated rings. The minimum atomic E-state index is -4.78. The van der Waals surface area contributed by atoms with Crippen LogP contribution >= 0.6 is 27.3 Å². The monoisotopic (exact) mass is 304 g/mol. The molecule has 0 radical (unpaired) electrons. The van der Waals surface area contributed by atoms with Gasteiger partial charge in [0.05, 0.1) is 11.6 Å². The average Bonchev–Trinajstić information content (AvgIpc) is 2.44. The first-order valence-electron chi connectivity index (χ1n) is 3.47. The van der Waals surface area contributed by atoms with Crippen LogP contribution in [0, 0.1) is 0 Å². The molecule has 0 unspecified atom stereocenters. The van der Waals surface area contributed by atoms with Crippen LogP contribution in [0.15, 0.2) is 10.5 Å². The molecule has 0 aliphatic rings. The molecule has 1 aromatic heterocycles. The third kappa shape index (κ3) is 3.38. The number of esters is 1. The lowest BCUT2D eigenvalue weighted by molar-refractivity contribution is -0.273. The molecule has 0 atom stereocenters. The van der Waals surface area contributed by atoms with Crippen LogP contribution in [-0.2, 0) is 4.74 Å². The minimum Gasteiger partial charge on any atom is -0.465 e. The summed E-state index contributed by atoms with van der Waals surface area (Å²) < 4.78 is 43.7. The molecule has 0 aliphatic heterocycles. The first-order chi connectivity index (χ1) is 6.83. The maximum atomic E-state index is 11.9. The molecule has 0 bridgehead atoms. The number of halogens is 4. The molecule has 0 saturated carbocycles. The Morgan fingerprint density at radius 3 is 2.60 bits per heavy atom. The number of alkyl halides is 3. The summed E-state index contributed by atoms with van der Waals surface area (Å²) in [6.45, 7) is 0. The van der Waals surface area contributed by atoms with E-state index in [1.807, 2.05) is 0 Å². The Balaban J connectivity index is 2.92. The fourth-order valence-electron chi connectivity index (χ4n) is 0.728. The van der Waals surface area contributed by atoms with Gasteiger partial charge < -0.3 is 9.47 Å². The number of thiophene rings is 1. The highest BCUT2D eigenvalue weighted by molar-refractivity contribution is 9.10. The number of hydrogen-bond donors (Lipinski definition) is 0. The molecule has 1 rings (SSSR count). The van der Waals surface area contributed by atoms with E-state index in [0.29, 0.717) is 11.3 Å². The van der Waals surface area contributed by atoms with Crippen LogP contribution in [0.25, 0.3) is 0 Å². The Morgan fingerprint density at radius 2 is 2.13 bits per heavy atom. The number of hydrogen-bond acceptors (Lipinski definition) is 4. The third-order valence-electron chi connectivity index (χ3n) is 1.25. The van der Waals surface area contributed by atoms with Gasteiger partial charge >= 0.3 is 12.3 Å². The van der Waals surface area contributed by atoms with E-state index in [0.717, 1.165) is 7.11 Å². The lowest BCUT2D eigenvalue weighted by Gasteiger charge is -2.05. The molecule has 15 heavy (non-hydrogen) atoms. The zero-order valence-electron chi connectivity index (χ0n) is 7.22. The van der Waals surface area contributed by atoms with Crippen LogP contribution in [-0.4, -0.2) is 19.4 Å². The number of methoxy groups -OCH3 is 1. The average molecular weight is 305 g/mol. The largest absolute Gasteiger partial charge is 0.573 e. The Labute approximate surface area is 94.9 Å². The van der Waals surface area contributed by atoms with E-state index in [1.54, 1.807) is 0 Å². The maximum absolute atomic E-state index is 11.9. The summed E-state index contributed by atoms with van der Waals surface area (Å²) in [4.78, 5) is 11.0. The molecule has 0 spiro atoms. The van der Waals surface area contributed by atoms with Gasteiger partial charge in [0.15, 0.2) is 5.06 Å². The molecule has 1 heterocycles. The predicted molar refractivity (Wildman–Crippen MR) is 50.0 cm³/mol. The quantitative estimate of drug-likeness (QED) is 0.787. The van der Waals surface area contributed by atoms with Crippen molar-refractivity contribution >= 4 is 33.2 Å². The molecule has 3 nitrogen and oxygen atoms in total. The predicted octanol–water partition coefficient (Wildman–Crippen LogP) is 3.20. The second-order valence-corrected chi connectivity index (χ2v) is 4.15. The minimum absolute atomic E-state index is 0.0311. The van der Waals surface area contributed by atoms with Gasteiger partial charge in [-0.15, -0.1) is 13.2 Å². The third-order valence-corrected chi connectivity index (χ3v) is 3.10. The maximum Gasteiger partial charge on any atom is 0.573 e. The Morgan fingerprint density at radius 1 is 1.53 bits per heavy atom. The topological polar surface area (TPSA) is 35.5 Å². The molecule has 8 heteroatoms. The van der Waals surface area contributed by atoms with Crippen LogP contribution in [0.2, 0.25) is 0 Å². The van der Waals surface area contributed by atoms with Gasteiger partial charge in [0.2, 0.25) is 0 Å². The Bertz CT molecular complexity index is 374. The smallest absolute Gasteiger partial charge is 0.465 e. The van der Waals surface area contributed by atoms with Crippen LogP contribution < -0.4 is 4.74 Å². The fourth-order valence-corrected chi connectivity index (χ4v) is 2.27. The second-order valence-electron chi connectivity index (χ2n) is 2.29. The summed E-state index contributed by atoms with van der Waals surface area (Å²) in [6, 6.07) is 1.21. The standard InChI is InChI=1S/C7H4BrF3O3S/c1-13-5(12)4-2-3(8)6(15-4)14-7(9,10)11/h2H,1H3. The van der Waals surface area contributed by atoms with E-state index in [1.165, 1.54) is 6.07 Å². The van der Waals surface area contributed by atoms with E-state index in [4.69, 9.17) is 0 Å². The summed E-state index contributed by atoms with van der Waals surface area (Å²) in [5.41, 5.74) is 0. The van der Waals surface area contributed by atoms with Gasteiger partial charge in [-0.25, -0.2) is 4.79 Å². The highest BCUT2D eigenvalue weighted by atomic mass is 79.9. The van der Waals surface area contributed by atoms with Gasteiger partial charge in [-0.3, -0.25) is 0 Å². The van der Waals surface area contributed by atoms with E-state index >= 15 is 0 Å². The van der Waals surface area contributed by atoms with E-state index in [9.17, 15) is 18.0 Å². The summed E-state index contributed by atoms with van der Waals surface area (Å²) in [5, 5.41) is -0.428. The normalized spacial score (nSPS) is 11.3. The van der Waals surface area contributed by atoms with Crippen molar-refractivity contribution in [2.24, 2.45) is 0 Å². The molecule has 0 aliphatic carbocycles. The van der Waals surface area contributed by atoms with Crippen molar-refractivity contribution in [2.75, 3.05) is 7.11 Å². The lowest BCUT2D eigenvalue weighted by Crippen LogP contribution is -2.16. The number of carbonyl (C=O) groups excluding carboxylic acids is 1. The van der Waals surface area contributed by atoms with Gasteiger partial charge in [-0.05, 0) is 22.0 Å². The van der Waals surface area contributed by atoms with Crippen LogP contribution in [0.5, 0.6) is 5.06 Å². The van der Waals surface area contributed by atoms with Crippen molar-refractivity contribution in [3.8, 4) is 5.06 Å². The number of rotatable bonds is 2. The van der Waals surface area contributed by atoms with Crippen molar-refractivity contribution in [1.29, 1.82) is 0 Å². The second kappa shape index (κ2) is 4.40.